The first-order chi connectivity index (χ1) is 7.49. The Hall–Kier alpha value is -1.52. The van der Waals surface area contributed by atoms with Crippen LogP contribution >= 0.6 is 23.2 Å². The van der Waals surface area contributed by atoms with Gasteiger partial charge < -0.3 is 10.4 Å². The standard InChI is InChI=1S/C10H7Cl2NO3/c11-7-2-1-6(5-8(7)12)13-9(14)3-4-10(15)16/h1-5H,(H,13,14)(H,15,16)/b4-3+. The number of hydrogen-bond donors (Lipinski definition) is 2. The largest absolute Gasteiger partial charge is 0.478 e. The maximum atomic E-state index is 11.2. The van der Waals surface area contributed by atoms with Crippen LogP contribution in [-0.4, -0.2) is 17.0 Å². The summed E-state index contributed by atoms with van der Waals surface area (Å²) in [6.07, 6.45) is 1.65. The SMILES string of the molecule is O=C(O)/C=C/C(=O)Nc1ccc(Cl)c(Cl)c1. The van der Waals surface area contributed by atoms with Crippen molar-refractivity contribution < 1.29 is 14.7 Å². The maximum Gasteiger partial charge on any atom is 0.328 e. The summed E-state index contributed by atoms with van der Waals surface area (Å²) in [6.45, 7) is 0. The molecule has 0 saturated carbocycles. The summed E-state index contributed by atoms with van der Waals surface area (Å²) in [5.74, 6) is -1.75. The number of hydrogen-bond acceptors (Lipinski definition) is 2. The van der Waals surface area contributed by atoms with Gasteiger partial charge in [0.15, 0.2) is 0 Å². The van der Waals surface area contributed by atoms with Gasteiger partial charge in [0, 0.05) is 17.8 Å². The molecule has 2 N–H and O–H groups in total. The first kappa shape index (κ1) is 12.5. The average molecular weight is 260 g/mol. The van der Waals surface area contributed by atoms with Gasteiger partial charge in [0.2, 0.25) is 5.91 Å². The molecule has 0 unspecified atom stereocenters. The number of halogens is 2. The lowest BCUT2D eigenvalue weighted by Gasteiger charge is -2.03. The van der Waals surface area contributed by atoms with Crippen molar-refractivity contribution in [3.05, 3.63) is 40.4 Å². The molecule has 0 aliphatic rings. The molecule has 0 aliphatic carbocycles. The molecule has 6 heteroatoms. The first-order valence-electron chi connectivity index (χ1n) is 4.16. The zero-order valence-corrected chi connectivity index (χ0v) is 9.42. The molecule has 1 rings (SSSR count). The Morgan fingerprint density at radius 2 is 1.88 bits per heavy atom. The van der Waals surface area contributed by atoms with E-state index in [0.717, 1.165) is 12.2 Å². The van der Waals surface area contributed by atoms with E-state index < -0.39 is 11.9 Å². The number of anilines is 1. The van der Waals surface area contributed by atoms with E-state index >= 15 is 0 Å². The molecule has 0 atom stereocenters. The summed E-state index contributed by atoms with van der Waals surface area (Å²) in [6, 6.07) is 4.55. The third-order valence-corrected chi connectivity index (χ3v) is 2.30. The molecule has 0 heterocycles. The first-order valence-corrected chi connectivity index (χ1v) is 4.91. The summed E-state index contributed by atoms with van der Waals surface area (Å²) in [4.78, 5) is 21.3. The van der Waals surface area contributed by atoms with Gasteiger partial charge in [-0.1, -0.05) is 23.2 Å². The molecular weight excluding hydrogens is 253 g/mol. The highest BCUT2D eigenvalue weighted by Crippen LogP contribution is 2.24. The summed E-state index contributed by atoms with van der Waals surface area (Å²) in [5, 5.41) is 11.4. The van der Waals surface area contributed by atoms with E-state index in [9.17, 15) is 9.59 Å². The Morgan fingerprint density at radius 1 is 1.19 bits per heavy atom. The summed E-state index contributed by atoms with van der Waals surface area (Å²) >= 11 is 11.4. The van der Waals surface area contributed by atoms with Gasteiger partial charge in [-0.05, 0) is 18.2 Å². The van der Waals surface area contributed by atoms with Crippen LogP contribution in [0.5, 0.6) is 0 Å². The molecule has 4 nitrogen and oxygen atoms in total. The molecule has 1 amide bonds. The molecule has 0 saturated heterocycles. The lowest BCUT2D eigenvalue weighted by molar-refractivity contribution is -0.131. The molecule has 0 radical (unpaired) electrons. The van der Waals surface area contributed by atoms with E-state index in [1.807, 2.05) is 0 Å². The van der Waals surface area contributed by atoms with Gasteiger partial charge in [0.25, 0.3) is 0 Å². The number of aliphatic carboxylic acids is 1. The monoisotopic (exact) mass is 259 g/mol. The number of carbonyl (C=O) groups excluding carboxylic acids is 1. The Labute approximate surface area is 101 Å². The predicted octanol–water partition coefficient (Wildman–Crippen LogP) is 2.57. The Balaban J connectivity index is 2.70. The molecule has 0 fully saturated rings. The van der Waals surface area contributed by atoms with Crippen molar-refractivity contribution in [2.24, 2.45) is 0 Å². The molecule has 0 bridgehead atoms. The molecule has 0 spiro atoms. The second-order valence-corrected chi connectivity index (χ2v) is 3.60. The maximum absolute atomic E-state index is 11.2. The van der Waals surface area contributed by atoms with E-state index in [2.05, 4.69) is 5.32 Å². The van der Waals surface area contributed by atoms with Gasteiger partial charge in [-0.25, -0.2) is 4.79 Å². The Morgan fingerprint density at radius 3 is 2.44 bits per heavy atom. The van der Waals surface area contributed by atoms with Crippen molar-refractivity contribution in [3.63, 3.8) is 0 Å². The van der Waals surface area contributed by atoms with Crippen molar-refractivity contribution in [2.75, 3.05) is 5.32 Å². The minimum Gasteiger partial charge on any atom is -0.478 e. The Kier molecular flexibility index (Phi) is 4.34. The fourth-order valence-electron chi connectivity index (χ4n) is 0.905. The van der Waals surface area contributed by atoms with Gasteiger partial charge in [-0.15, -0.1) is 0 Å². The van der Waals surface area contributed by atoms with Crippen LogP contribution in [0.15, 0.2) is 30.4 Å². The highest BCUT2D eigenvalue weighted by atomic mass is 35.5. The lowest BCUT2D eigenvalue weighted by Crippen LogP contribution is -2.08. The van der Waals surface area contributed by atoms with Crippen molar-refractivity contribution in [1.29, 1.82) is 0 Å². The topological polar surface area (TPSA) is 66.4 Å². The highest BCUT2D eigenvalue weighted by molar-refractivity contribution is 6.42. The van der Waals surface area contributed by atoms with E-state index in [1.165, 1.54) is 12.1 Å². The average Bonchev–Trinajstić information content (AvgIpc) is 2.21. The summed E-state index contributed by atoms with van der Waals surface area (Å²) in [5.41, 5.74) is 0.439. The van der Waals surface area contributed by atoms with Gasteiger partial charge in [-0.2, -0.15) is 0 Å². The predicted molar refractivity (Wildman–Crippen MR) is 61.9 cm³/mol. The summed E-state index contributed by atoms with van der Waals surface area (Å²) < 4.78 is 0. The third-order valence-electron chi connectivity index (χ3n) is 1.56. The molecule has 84 valence electrons. The minimum atomic E-state index is -1.19. The van der Waals surface area contributed by atoms with Crippen LogP contribution in [-0.2, 0) is 9.59 Å². The third kappa shape index (κ3) is 3.92. The molecule has 1 aromatic carbocycles. The summed E-state index contributed by atoms with van der Waals surface area (Å²) in [7, 11) is 0. The second-order valence-electron chi connectivity index (χ2n) is 2.79. The minimum absolute atomic E-state index is 0.307. The molecular formula is C10H7Cl2NO3. The normalized spacial score (nSPS) is 10.4. The molecule has 0 aliphatic heterocycles. The van der Waals surface area contributed by atoms with Gasteiger partial charge >= 0.3 is 5.97 Å². The van der Waals surface area contributed by atoms with Crippen molar-refractivity contribution >= 4 is 40.8 Å². The van der Waals surface area contributed by atoms with Gasteiger partial charge in [0.1, 0.15) is 0 Å². The van der Waals surface area contributed by atoms with Crippen LogP contribution in [0.1, 0.15) is 0 Å². The fraction of sp³-hybridized carbons (Fsp3) is 0. The quantitative estimate of drug-likeness (QED) is 0.821. The van der Waals surface area contributed by atoms with Crippen LogP contribution in [0.3, 0.4) is 0 Å². The van der Waals surface area contributed by atoms with Crippen LogP contribution in [0.2, 0.25) is 10.0 Å². The number of nitrogens with one attached hydrogen (secondary N) is 1. The number of benzene rings is 1. The number of rotatable bonds is 3. The highest BCUT2D eigenvalue weighted by Gasteiger charge is 2.02. The second kappa shape index (κ2) is 5.53. The fourth-order valence-corrected chi connectivity index (χ4v) is 1.20. The van der Waals surface area contributed by atoms with E-state index in [-0.39, 0.29) is 0 Å². The van der Waals surface area contributed by atoms with E-state index in [4.69, 9.17) is 28.3 Å². The van der Waals surface area contributed by atoms with Crippen molar-refractivity contribution in [3.8, 4) is 0 Å². The van der Waals surface area contributed by atoms with Gasteiger partial charge in [0.05, 0.1) is 10.0 Å². The number of carboxylic acids is 1. The molecule has 16 heavy (non-hydrogen) atoms. The zero-order chi connectivity index (χ0) is 12.1. The van der Waals surface area contributed by atoms with Gasteiger partial charge in [-0.3, -0.25) is 4.79 Å². The van der Waals surface area contributed by atoms with Crippen molar-refractivity contribution in [2.45, 2.75) is 0 Å². The molecule has 0 aromatic heterocycles. The molecule has 1 aromatic rings. The van der Waals surface area contributed by atoms with E-state index in [0.29, 0.717) is 15.7 Å². The van der Waals surface area contributed by atoms with Crippen LogP contribution in [0.25, 0.3) is 0 Å². The van der Waals surface area contributed by atoms with E-state index in [1.54, 1.807) is 6.07 Å². The van der Waals surface area contributed by atoms with Crippen molar-refractivity contribution in [1.82, 2.24) is 0 Å². The van der Waals surface area contributed by atoms with Crippen LogP contribution < -0.4 is 5.32 Å². The van der Waals surface area contributed by atoms with Crippen LogP contribution in [0, 0.1) is 0 Å². The number of carboxylic acid groups (broad SMARTS) is 1. The lowest BCUT2D eigenvalue weighted by atomic mass is 10.3. The Bertz CT molecular complexity index is 457. The number of carbonyl (C=O) groups is 2. The van der Waals surface area contributed by atoms with Crippen LogP contribution in [0.4, 0.5) is 5.69 Å². The zero-order valence-electron chi connectivity index (χ0n) is 7.91. The smallest absolute Gasteiger partial charge is 0.328 e. The number of amides is 1.